The maximum Gasteiger partial charge on any atom is 0.295 e. The first-order valence-electron chi connectivity index (χ1n) is 11.5. The number of carbonyl (C=O) groups is 2. The van der Waals surface area contributed by atoms with Gasteiger partial charge in [0, 0.05) is 17.1 Å². The van der Waals surface area contributed by atoms with Gasteiger partial charge in [-0.05, 0) is 68.0 Å². The van der Waals surface area contributed by atoms with Gasteiger partial charge in [0.05, 0.1) is 11.6 Å². The Labute approximate surface area is 206 Å². The quantitative estimate of drug-likeness (QED) is 0.210. The monoisotopic (exact) mass is 482 g/mol. The van der Waals surface area contributed by atoms with Crippen LogP contribution in [0.1, 0.15) is 37.4 Å². The van der Waals surface area contributed by atoms with Gasteiger partial charge in [0.2, 0.25) is 0 Å². The van der Waals surface area contributed by atoms with E-state index in [1.165, 1.54) is 0 Å². The van der Waals surface area contributed by atoms with Crippen molar-refractivity contribution in [2.24, 2.45) is 0 Å². The van der Waals surface area contributed by atoms with E-state index in [0.29, 0.717) is 35.9 Å². The number of aliphatic hydroxyl groups is 1. The molecule has 0 unspecified atom stereocenters. The maximum atomic E-state index is 13.1. The third-order valence-corrected chi connectivity index (χ3v) is 6.24. The number of carbonyl (C=O) groups excluding carboxylic acids is 2. The standard InChI is InChI=1S/C27H31ClN2O4/c1-4-18-34-22-14-10-19(11-15-22)24-23(25(31)20-8-12-21(28)13-9-20)26(32)27(33)30(24)17-7-16-29(5-2)6-3/h4,8-15,24,31H,1,5-7,16-18H2,2-3H3/t24-/m0/s1. The molecule has 0 aliphatic carbocycles. The van der Waals surface area contributed by atoms with E-state index in [4.69, 9.17) is 16.3 Å². The highest BCUT2D eigenvalue weighted by atomic mass is 35.5. The molecule has 0 spiro atoms. The predicted molar refractivity (Wildman–Crippen MR) is 135 cm³/mol. The Morgan fingerprint density at radius 2 is 1.76 bits per heavy atom. The van der Waals surface area contributed by atoms with Crippen LogP contribution in [-0.2, 0) is 9.59 Å². The Kier molecular flexibility index (Phi) is 8.91. The first kappa shape index (κ1) is 25.5. The topological polar surface area (TPSA) is 70.1 Å². The van der Waals surface area contributed by atoms with Crippen LogP contribution in [0.4, 0.5) is 0 Å². The Morgan fingerprint density at radius 3 is 2.35 bits per heavy atom. The van der Waals surface area contributed by atoms with Crippen molar-refractivity contribution in [3.63, 3.8) is 0 Å². The van der Waals surface area contributed by atoms with Crippen molar-refractivity contribution in [3.05, 3.63) is 82.9 Å². The number of Topliss-reactive ketones (excluding diaryl/α,β-unsaturated/α-hetero) is 1. The summed E-state index contributed by atoms with van der Waals surface area (Å²) in [5.41, 5.74) is 1.24. The minimum absolute atomic E-state index is 0.0786. The lowest BCUT2D eigenvalue weighted by atomic mass is 9.95. The van der Waals surface area contributed by atoms with Gasteiger partial charge in [-0.1, -0.05) is 50.2 Å². The molecule has 1 atom stereocenters. The molecule has 0 radical (unpaired) electrons. The molecule has 1 fully saturated rings. The molecular formula is C27H31ClN2O4. The van der Waals surface area contributed by atoms with Crippen LogP contribution in [0.5, 0.6) is 5.75 Å². The molecule has 0 bridgehead atoms. The maximum absolute atomic E-state index is 13.1. The average molecular weight is 483 g/mol. The molecule has 6 nitrogen and oxygen atoms in total. The van der Waals surface area contributed by atoms with E-state index in [2.05, 4.69) is 25.3 Å². The highest BCUT2D eigenvalue weighted by Crippen LogP contribution is 2.40. The lowest BCUT2D eigenvalue weighted by Crippen LogP contribution is -2.33. The van der Waals surface area contributed by atoms with Crippen LogP contribution < -0.4 is 4.74 Å². The van der Waals surface area contributed by atoms with Gasteiger partial charge in [-0.25, -0.2) is 0 Å². The van der Waals surface area contributed by atoms with Crippen molar-refractivity contribution in [1.82, 2.24) is 9.80 Å². The van der Waals surface area contributed by atoms with Crippen LogP contribution in [0.15, 0.2) is 66.8 Å². The molecule has 7 heteroatoms. The molecule has 1 aliphatic heterocycles. The molecule has 3 rings (SSSR count). The zero-order chi connectivity index (χ0) is 24.7. The van der Waals surface area contributed by atoms with E-state index in [9.17, 15) is 14.7 Å². The molecular weight excluding hydrogens is 452 g/mol. The van der Waals surface area contributed by atoms with E-state index in [0.717, 1.165) is 25.2 Å². The Morgan fingerprint density at radius 1 is 1.12 bits per heavy atom. The SMILES string of the molecule is C=CCOc1ccc([C@H]2C(=C(O)c3ccc(Cl)cc3)C(=O)C(=O)N2CCCN(CC)CC)cc1. The number of hydrogen-bond donors (Lipinski definition) is 1. The molecule has 1 saturated heterocycles. The van der Waals surface area contributed by atoms with Crippen molar-refractivity contribution in [2.45, 2.75) is 26.3 Å². The molecule has 1 amide bonds. The van der Waals surface area contributed by atoms with E-state index < -0.39 is 17.7 Å². The number of likely N-dealkylation sites (tertiary alicyclic amines) is 1. The van der Waals surface area contributed by atoms with Crippen LogP contribution in [-0.4, -0.2) is 59.4 Å². The van der Waals surface area contributed by atoms with Crippen molar-refractivity contribution >= 4 is 29.1 Å². The number of nitrogens with zero attached hydrogens (tertiary/aromatic N) is 2. The third kappa shape index (κ3) is 5.69. The summed E-state index contributed by atoms with van der Waals surface area (Å²) in [6, 6.07) is 13.1. The summed E-state index contributed by atoms with van der Waals surface area (Å²) in [4.78, 5) is 30.0. The van der Waals surface area contributed by atoms with Gasteiger partial charge in [0.15, 0.2) is 0 Å². The Bertz CT molecular complexity index is 1040. The van der Waals surface area contributed by atoms with Crippen molar-refractivity contribution in [3.8, 4) is 5.75 Å². The number of halogens is 1. The number of aliphatic hydroxyl groups excluding tert-OH is 1. The zero-order valence-electron chi connectivity index (χ0n) is 19.7. The largest absolute Gasteiger partial charge is 0.507 e. The fourth-order valence-corrected chi connectivity index (χ4v) is 4.25. The van der Waals surface area contributed by atoms with Gasteiger partial charge in [-0.15, -0.1) is 0 Å². The smallest absolute Gasteiger partial charge is 0.295 e. The summed E-state index contributed by atoms with van der Waals surface area (Å²) in [6.07, 6.45) is 2.37. The van der Waals surface area contributed by atoms with Crippen molar-refractivity contribution in [2.75, 3.05) is 32.8 Å². The summed E-state index contributed by atoms with van der Waals surface area (Å²) in [7, 11) is 0. The molecule has 0 saturated carbocycles. The molecule has 180 valence electrons. The van der Waals surface area contributed by atoms with Crippen LogP contribution in [0.2, 0.25) is 5.02 Å². The molecule has 1 aliphatic rings. The fraction of sp³-hybridized carbons (Fsp3) is 0.333. The molecule has 1 N–H and O–H groups in total. The summed E-state index contributed by atoms with van der Waals surface area (Å²) in [5.74, 6) is -0.850. The van der Waals surface area contributed by atoms with Gasteiger partial charge in [-0.2, -0.15) is 0 Å². The Balaban J connectivity index is 2.00. The summed E-state index contributed by atoms with van der Waals surface area (Å²) in [6.45, 7) is 11.3. The minimum Gasteiger partial charge on any atom is -0.507 e. The Hall–Kier alpha value is -3.09. The number of hydrogen-bond acceptors (Lipinski definition) is 5. The number of ether oxygens (including phenoxy) is 1. The van der Waals surface area contributed by atoms with Crippen LogP contribution in [0.3, 0.4) is 0 Å². The van der Waals surface area contributed by atoms with Gasteiger partial charge in [0.1, 0.15) is 18.1 Å². The first-order chi connectivity index (χ1) is 16.4. The minimum atomic E-state index is -0.694. The molecule has 34 heavy (non-hydrogen) atoms. The fourth-order valence-electron chi connectivity index (χ4n) is 4.13. The van der Waals surface area contributed by atoms with Gasteiger partial charge >= 0.3 is 0 Å². The van der Waals surface area contributed by atoms with E-state index in [-0.39, 0.29) is 11.3 Å². The number of ketones is 1. The highest BCUT2D eigenvalue weighted by molar-refractivity contribution is 6.46. The van der Waals surface area contributed by atoms with Crippen LogP contribution >= 0.6 is 11.6 Å². The highest BCUT2D eigenvalue weighted by Gasteiger charge is 2.45. The third-order valence-electron chi connectivity index (χ3n) is 5.99. The molecule has 1 heterocycles. The number of rotatable bonds is 11. The van der Waals surface area contributed by atoms with Gasteiger partial charge in [-0.3, -0.25) is 9.59 Å². The molecule has 0 aromatic heterocycles. The second kappa shape index (κ2) is 11.9. The summed E-state index contributed by atoms with van der Waals surface area (Å²) in [5, 5.41) is 11.6. The van der Waals surface area contributed by atoms with Crippen molar-refractivity contribution < 1.29 is 19.4 Å². The van der Waals surface area contributed by atoms with E-state index >= 15 is 0 Å². The lowest BCUT2D eigenvalue weighted by Gasteiger charge is -2.27. The number of amides is 1. The average Bonchev–Trinajstić information content (AvgIpc) is 3.10. The molecule has 2 aromatic carbocycles. The normalized spacial score (nSPS) is 17.4. The van der Waals surface area contributed by atoms with Crippen LogP contribution in [0, 0.1) is 0 Å². The number of benzene rings is 2. The molecule has 2 aromatic rings. The van der Waals surface area contributed by atoms with E-state index in [1.807, 2.05) is 12.1 Å². The summed E-state index contributed by atoms with van der Waals surface area (Å²) < 4.78 is 5.57. The second-order valence-corrected chi connectivity index (χ2v) is 8.48. The van der Waals surface area contributed by atoms with Crippen LogP contribution in [0.25, 0.3) is 5.76 Å². The van der Waals surface area contributed by atoms with Gasteiger partial charge in [0.25, 0.3) is 11.7 Å². The van der Waals surface area contributed by atoms with Gasteiger partial charge < -0.3 is 19.6 Å². The van der Waals surface area contributed by atoms with Crippen molar-refractivity contribution in [1.29, 1.82) is 0 Å². The van der Waals surface area contributed by atoms with E-state index in [1.54, 1.807) is 47.4 Å². The first-order valence-corrected chi connectivity index (χ1v) is 11.9. The lowest BCUT2D eigenvalue weighted by molar-refractivity contribution is -0.140. The summed E-state index contributed by atoms with van der Waals surface area (Å²) >= 11 is 5.98. The zero-order valence-corrected chi connectivity index (χ0v) is 20.4. The predicted octanol–water partition coefficient (Wildman–Crippen LogP) is 5.06. The second-order valence-electron chi connectivity index (χ2n) is 8.05.